The Morgan fingerprint density at radius 2 is 1.95 bits per heavy atom. The van der Waals surface area contributed by atoms with Gasteiger partial charge in [-0.05, 0) is 44.5 Å². The minimum atomic E-state index is 0.812. The number of aromatic nitrogens is 2. The highest BCUT2D eigenvalue weighted by atomic mass is 32.1. The predicted octanol–water partition coefficient (Wildman–Crippen LogP) is 4.66. The minimum absolute atomic E-state index is 0.812. The molecule has 0 spiro atoms. The molecule has 2 heterocycles. The Balaban J connectivity index is 2.17. The van der Waals surface area contributed by atoms with Gasteiger partial charge in [0.05, 0.1) is 10.4 Å². The predicted molar refractivity (Wildman–Crippen MR) is 91.1 cm³/mol. The number of thiophene rings is 1. The Hall–Kier alpha value is -1.94. The standard InChI is InChI=1S/C17H19N3S/c1-4-12-7-9-15(21-12)17-19-14-8-6-11(3)10-13(14)16(20-17)18-5-2/h6-10H,4-5H2,1-3H3,(H,18,19,20). The van der Waals surface area contributed by atoms with Gasteiger partial charge in [-0.25, -0.2) is 9.97 Å². The first-order chi connectivity index (χ1) is 10.2. The van der Waals surface area contributed by atoms with Gasteiger partial charge in [-0.3, -0.25) is 0 Å². The fourth-order valence-corrected chi connectivity index (χ4v) is 3.22. The number of hydrogen-bond donors (Lipinski definition) is 1. The highest BCUT2D eigenvalue weighted by Crippen LogP contribution is 2.30. The summed E-state index contributed by atoms with van der Waals surface area (Å²) in [6.45, 7) is 7.20. The molecular formula is C17H19N3S. The van der Waals surface area contributed by atoms with E-state index in [0.717, 1.165) is 40.4 Å². The van der Waals surface area contributed by atoms with Gasteiger partial charge in [0.1, 0.15) is 5.82 Å². The summed E-state index contributed by atoms with van der Waals surface area (Å²) in [6.07, 6.45) is 1.05. The van der Waals surface area contributed by atoms with Crippen LogP contribution in [0.3, 0.4) is 0 Å². The highest BCUT2D eigenvalue weighted by molar-refractivity contribution is 7.15. The van der Waals surface area contributed by atoms with E-state index in [2.05, 4.69) is 56.4 Å². The van der Waals surface area contributed by atoms with E-state index in [1.54, 1.807) is 11.3 Å². The van der Waals surface area contributed by atoms with Crippen molar-refractivity contribution in [2.75, 3.05) is 11.9 Å². The quantitative estimate of drug-likeness (QED) is 0.761. The number of rotatable bonds is 4. The van der Waals surface area contributed by atoms with Gasteiger partial charge in [0.2, 0.25) is 0 Å². The molecule has 0 bridgehead atoms. The number of nitrogens with zero attached hydrogens (tertiary/aromatic N) is 2. The molecule has 108 valence electrons. The molecule has 3 nitrogen and oxygen atoms in total. The second-order valence-corrected chi connectivity index (χ2v) is 6.23. The Kier molecular flexibility index (Phi) is 3.88. The lowest BCUT2D eigenvalue weighted by Gasteiger charge is -2.09. The summed E-state index contributed by atoms with van der Waals surface area (Å²) in [7, 11) is 0. The molecule has 0 unspecified atom stereocenters. The topological polar surface area (TPSA) is 37.8 Å². The van der Waals surface area contributed by atoms with Crippen LogP contribution in [0.4, 0.5) is 5.82 Å². The van der Waals surface area contributed by atoms with Gasteiger partial charge in [-0.1, -0.05) is 18.6 Å². The molecule has 3 aromatic rings. The van der Waals surface area contributed by atoms with E-state index in [0.29, 0.717) is 0 Å². The van der Waals surface area contributed by atoms with Crippen LogP contribution in [0.25, 0.3) is 21.6 Å². The maximum absolute atomic E-state index is 4.74. The number of nitrogens with one attached hydrogen (secondary N) is 1. The summed E-state index contributed by atoms with van der Waals surface area (Å²) in [6, 6.07) is 10.6. The number of aryl methyl sites for hydroxylation is 2. The zero-order valence-electron chi connectivity index (χ0n) is 12.6. The Morgan fingerprint density at radius 1 is 1.10 bits per heavy atom. The lowest BCUT2D eigenvalue weighted by molar-refractivity contribution is 1.15. The number of hydrogen-bond acceptors (Lipinski definition) is 4. The molecule has 0 saturated carbocycles. The summed E-state index contributed by atoms with van der Waals surface area (Å²) in [5.41, 5.74) is 2.22. The molecule has 0 amide bonds. The van der Waals surface area contributed by atoms with Crippen LogP contribution in [0.1, 0.15) is 24.3 Å². The first-order valence-corrected chi connectivity index (χ1v) is 8.14. The second kappa shape index (κ2) is 5.82. The SMILES string of the molecule is CCNc1nc(-c2ccc(CC)s2)nc2ccc(C)cc12. The van der Waals surface area contributed by atoms with Crippen molar-refractivity contribution in [3.05, 3.63) is 40.8 Å². The molecule has 0 fully saturated rings. The number of fused-ring (bicyclic) bond motifs is 1. The zero-order chi connectivity index (χ0) is 14.8. The Bertz CT molecular complexity index is 777. The fourth-order valence-electron chi connectivity index (χ4n) is 2.34. The average Bonchev–Trinajstić information content (AvgIpc) is 2.97. The van der Waals surface area contributed by atoms with E-state index < -0.39 is 0 Å². The molecule has 3 rings (SSSR count). The molecule has 1 N–H and O–H groups in total. The molecule has 0 radical (unpaired) electrons. The highest BCUT2D eigenvalue weighted by Gasteiger charge is 2.11. The third-order valence-electron chi connectivity index (χ3n) is 3.43. The van der Waals surface area contributed by atoms with Gasteiger partial charge in [-0.2, -0.15) is 0 Å². The molecule has 0 aliphatic carbocycles. The Labute approximate surface area is 129 Å². The third kappa shape index (κ3) is 2.76. The van der Waals surface area contributed by atoms with Crippen LogP contribution in [0.5, 0.6) is 0 Å². The number of anilines is 1. The van der Waals surface area contributed by atoms with Crippen molar-refractivity contribution in [1.82, 2.24) is 9.97 Å². The van der Waals surface area contributed by atoms with E-state index in [-0.39, 0.29) is 0 Å². The van der Waals surface area contributed by atoms with E-state index in [4.69, 9.17) is 9.97 Å². The maximum Gasteiger partial charge on any atom is 0.172 e. The van der Waals surface area contributed by atoms with Gasteiger partial charge in [0.15, 0.2) is 5.82 Å². The first kappa shape index (κ1) is 14.0. The van der Waals surface area contributed by atoms with Gasteiger partial charge in [0, 0.05) is 16.8 Å². The van der Waals surface area contributed by atoms with Gasteiger partial charge in [-0.15, -0.1) is 11.3 Å². The van der Waals surface area contributed by atoms with Crippen molar-refractivity contribution >= 4 is 28.1 Å². The Morgan fingerprint density at radius 3 is 2.67 bits per heavy atom. The fraction of sp³-hybridized carbons (Fsp3) is 0.294. The average molecular weight is 297 g/mol. The maximum atomic E-state index is 4.74. The summed E-state index contributed by atoms with van der Waals surface area (Å²) >= 11 is 1.77. The molecule has 4 heteroatoms. The van der Waals surface area contributed by atoms with Gasteiger partial charge in [0.25, 0.3) is 0 Å². The van der Waals surface area contributed by atoms with Crippen LogP contribution < -0.4 is 5.32 Å². The summed E-state index contributed by atoms with van der Waals surface area (Å²) in [5.74, 6) is 1.74. The van der Waals surface area contributed by atoms with E-state index in [9.17, 15) is 0 Å². The molecule has 0 aliphatic rings. The molecule has 0 saturated heterocycles. The van der Waals surface area contributed by atoms with Gasteiger partial charge < -0.3 is 5.32 Å². The third-order valence-corrected chi connectivity index (χ3v) is 4.65. The van der Waals surface area contributed by atoms with Crippen molar-refractivity contribution in [3.63, 3.8) is 0 Å². The van der Waals surface area contributed by atoms with Crippen molar-refractivity contribution in [1.29, 1.82) is 0 Å². The van der Waals surface area contributed by atoms with Crippen molar-refractivity contribution in [2.45, 2.75) is 27.2 Å². The molecule has 0 atom stereocenters. The zero-order valence-corrected chi connectivity index (χ0v) is 13.4. The van der Waals surface area contributed by atoms with E-state index in [1.807, 2.05) is 0 Å². The van der Waals surface area contributed by atoms with Crippen LogP contribution in [0.15, 0.2) is 30.3 Å². The van der Waals surface area contributed by atoms with Crippen LogP contribution in [0, 0.1) is 6.92 Å². The van der Waals surface area contributed by atoms with Gasteiger partial charge >= 0.3 is 0 Å². The molecule has 0 aliphatic heterocycles. The van der Waals surface area contributed by atoms with Crippen LogP contribution in [-0.4, -0.2) is 16.5 Å². The van der Waals surface area contributed by atoms with E-state index >= 15 is 0 Å². The normalized spacial score (nSPS) is 11.0. The van der Waals surface area contributed by atoms with Crippen LogP contribution in [-0.2, 0) is 6.42 Å². The monoisotopic (exact) mass is 297 g/mol. The summed E-state index contributed by atoms with van der Waals surface area (Å²) in [4.78, 5) is 12.0. The molecule has 1 aromatic carbocycles. The molecule has 2 aromatic heterocycles. The van der Waals surface area contributed by atoms with Crippen LogP contribution >= 0.6 is 11.3 Å². The smallest absolute Gasteiger partial charge is 0.172 e. The number of benzene rings is 1. The molecular weight excluding hydrogens is 278 g/mol. The van der Waals surface area contributed by atoms with Crippen molar-refractivity contribution < 1.29 is 0 Å². The van der Waals surface area contributed by atoms with Crippen molar-refractivity contribution in [2.24, 2.45) is 0 Å². The lowest BCUT2D eigenvalue weighted by atomic mass is 10.1. The largest absolute Gasteiger partial charge is 0.370 e. The summed E-state index contributed by atoms with van der Waals surface area (Å²) in [5, 5.41) is 4.45. The van der Waals surface area contributed by atoms with E-state index in [1.165, 1.54) is 10.4 Å². The first-order valence-electron chi connectivity index (χ1n) is 7.32. The second-order valence-electron chi connectivity index (χ2n) is 5.07. The lowest BCUT2D eigenvalue weighted by Crippen LogP contribution is -2.02. The molecule has 21 heavy (non-hydrogen) atoms. The van der Waals surface area contributed by atoms with Crippen molar-refractivity contribution in [3.8, 4) is 10.7 Å². The summed E-state index contributed by atoms with van der Waals surface area (Å²) < 4.78 is 0. The van der Waals surface area contributed by atoms with Crippen LogP contribution in [0.2, 0.25) is 0 Å². The minimum Gasteiger partial charge on any atom is -0.370 e.